The van der Waals surface area contributed by atoms with E-state index < -0.39 is 10.0 Å². The summed E-state index contributed by atoms with van der Waals surface area (Å²) in [7, 11) is -3.59. The van der Waals surface area contributed by atoms with Crippen LogP contribution in [0.5, 0.6) is 0 Å². The number of sulfonamides is 1. The number of hydrogen-bond donors (Lipinski definition) is 1. The molecule has 0 aliphatic carbocycles. The Bertz CT molecular complexity index is 1010. The lowest BCUT2D eigenvalue weighted by Gasteiger charge is -2.10. The molecule has 0 aliphatic rings. The first-order valence-corrected chi connectivity index (χ1v) is 9.14. The van der Waals surface area contributed by atoms with Gasteiger partial charge in [-0.25, -0.2) is 23.1 Å². The van der Waals surface area contributed by atoms with E-state index in [0.29, 0.717) is 5.69 Å². The Morgan fingerprint density at radius 1 is 0.917 bits per heavy atom. The Morgan fingerprint density at radius 3 is 2.25 bits per heavy atom. The molecule has 1 aromatic heterocycles. The lowest BCUT2D eigenvalue weighted by molar-refractivity contribution is 0.580. The van der Waals surface area contributed by atoms with Crippen molar-refractivity contribution in [3.63, 3.8) is 0 Å². The molecule has 0 atom stereocenters. The standard InChI is InChI=1S/C18H19N3O2S/c1-12-8-9-15(10-13(12)2)24(22,23)19-11-18-14(3)20-16-6-4-5-7-17(16)21-18/h4-10,19H,11H2,1-3H3. The molecule has 0 saturated heterocycles. The van der Waals surface area contributed by atoms with Crippen LogP contribution in [0, 0.1) is 20.8 Å². The van der Waals surface area contributed by atoms with Crippen LogP contribution in [0.15, 0.2) is 47.4 Å². The van der Waals surface area contributed by atoms with Crippen molar-refractivity contribution in [3.8, 4) is 0 Å². The van der Waals surface area contributed by atoms with E-state index in [1.165, 1.54) is 0 Å². The second-order valence-corrected chi connectivity index (χ2v) is 7.58. The Labute approximate surface area is 141 Å². The van der Waals surface area contributed by atoms with Crippen molar-refractivity contribution < 1.29 is 8.42 Å². The second-order valence-electron chi connectivity index (χ2n) is 5.82. The number of hydrogen-bond acceptors (Lipinski definition) is 4. The van der Waals surface area contributed by atoms with Gasteiger partial charge in [0.25, 0.3) is 0 Å². The van der Waals surface area contributed by atoms with Crippen LogP contribution in [-0.4, -0.2) is 18.4 Å². The fraction of sp³-hybridized carbons (Fsp3) is 0.222. The maximum absolute atomic E-state index is 12.5. The zero-order valence-electron chi connectivity index (χ0n) is 13.9. The van der Waals surface area contributed by atoms with E-state index in [-0.39, 0.29) is 11.4 Å². The van der Waals surface area contributed by atoms with E-state index in [1.54, 1.807) is 12.1 Å². The van der Waals surface area contributed by atoms with Crippen molar-refractivity contribution in [2.24, 2.45) is 0 Å². The number of aromatic nitrogens is 2. The molecule has 124 valence electrons. The molecule has 0 amide bonds. The number of aryl methyl sites for hydroxylation is 3. The predicted molar refractivity (Wildman–Crippen MR) is 94.2 cm³/mol. The summed E-state index contributed by atoms with van der Waals surface area (Å²) in [6.45, 7) is 5.79. The highest BCUT2D eigenvalue weighted by molar-refractivity contribution is 7.89. The van der Waals surface area contributed by atoms with Crippen LogP contribution in [0.25, 0.3) is 11.0 Å². The van der Waals surface area contributed by atoms with Gasteiger partial charge >= 0.3 is 0 Å². The minimum atomic E-state index is -3.59. The van der Waals surface area contributed by atoms with Crippen molar-refractivity contribution in [1.29, 1.82) is 0 Å². The predicted octanol–water partition coefficient (Wildman–Crippen LogP) is 3.03. The van der Waals surface area contributed by atoms with E-state index >= 15 is 0 Å². The van der Waals surface area contributed by atoms with E-state index in [4.69, 9.17) is 0 Å². The Kier molecular flexibility index (Phi) is 4.34. The molecule has 0 unspecified atom stereocenters. The van der Waals surface area contributed by atoms with Crippen molar-refractivity contribution in [1.82, 2.24) is 14.7 Å². The monoisotopic (exact) mass is 341 g/mol. The average Bonchev–Trinajstić information content (AvgIpc) is 2.55. The third-order valence-corrected chi connectivity index (χ3v) is 5.46. The summed E-state index contributed by atoms with van der Waals surface area (Å²) in [5.74, 6) is 0. The minimum absolute atomic E-state index is 0.110. The smallest absolute Gasteiger partial charge is 0.240 e. The summed E-state index contributed by atoms with van der Waals surface area (Å²) < 4.78 is 27.6. The first-order chi connectivity index (χ1) is 11.4. The maximum atomic E-state index is 12.5. The van der Waals surface area contributed by atoms with E-state index in [2.05, 4.69) is 14.7 Å². The van der Waals surface area contributed by atoms with Gasteiger partial charge in [-0.3, -0.25) is 0 Å². The largest absolute Gasteiger partial charge is 0.250 e. The Hall–Kier alpha value is -2.31. The van der Waals surface area contributed by atoms with Crippen LogP contribution in [0.4, 0.5) is 0 Å². The second kappa shape index (κ2) is 6.30. The van der Waals surface area contributed by atoms with Gasteiger partial charge in [0.15, 0.2) is 0 Å². The number of nitrogens with one attached hydrogen (secondary N) is 1. The van der Waals surface area contributed by atoms with Gasteiger partial charge in [-0.15, -0.1) is 0 Å². The molecule has 2 aromatic carbocycles. The topological polar surface area (TPSA) is 72.0 Å². The fourth-order valence-electron chi connectivity index (χ4n) is 2.42. The molecule has 0 saturated carbocycles. The summed E-state index contributed by atoms with van der Waals surface area (Å²) in [6, 6.07) is 12.6. The maximum Gasteiger partial charge on any atom is 0.240 e. The van der Waals surface area contributed by atoms with Gasteiger partial charge in [0, 0.05) is 0 Å². The SMILES string of the molecule is Cc1ccc(S(=O)(=O)NCc2nc3ccccc3nc2C)cc1C. The quantitative estimate of drug-likeness (QED) is 0.792. The minimum Gasteiger partial charge on any atom is -0.250 e. The van der Waals surface area contributed by atoms with Gasteiger partial charge in [0.2, 0.25) is 10.0 Å². The highest BCUT2D eigenvalue weighted by atomic mass is 32.2. The van der Waals surface area contributed by atoms with E-state index in [1.807, 2.05) is 51.1 Å². The lowest BCUT2D eigenvalue weighted by Crippen LogP contribution is -2.24. The molecule has 3 aromatic rings. The average molecular weight is 341 g/mol. The molecule has 0 fully saturated rings. The number of nitrogens with zero attached hydrogens (tertiary/aromatic N) is 2. The number of benzene rings is 2. The first-order valence-electron chi connectivity index (χ1n) is 7.66. The van der Waals surface area contributed by atoms with Gasteiger partial charge in [-0.05, 0) is 56.2 Å². The molecule has 1 N–H and O–H groups in total. The Morgan fingerprint density at radius 2 is 1.58 bits per heavy atom. The summed E-state index contributed by atoms with van der Waals surface area (Å²) in [5, 5.41) is 0. The third kappa shape index (κ3) is 3.29. The fourth-order valence-corrected chi connectivity index (χ4v) is 3.49. The highest BCUT2D eigenvalue weighted by Gasteiger charge is 2.16. The van der Waals surface area contributed by atoms with Crippen molar-refractivity contribution >= 4 is 21.1 Å². The summed E-state index contributed by atoms with van der Waals surface area (Å²) >= 11 is 0. The van der Waals surface area contributed by atoms with Crippen molar-refractivity contribution in [2.45, 2.75) is 32.2 Å². The normalized spacial score (nSPS) is 11.8. The van der Waals surface area contributed by atoms with Gasteiger partial charge in [-0.1, -0.05) is 18.2 Å². The first kappa shape index (κ1) is 16.5. The van der Waals surface area contributed by atoms with Crippen LogP contribution in [0.1, 0.15) is 22.5 Å². The summed E-state index contributed by atoms with van der Waals surface area (Å²) in [5.41, 5.74) is 4.90. The Balaban J connectivity index is 1.86. The summed E-state index contributed by atoms with van der Waals surface area (Å²) in [6.07, 6.45) is 0. The molecular formula is C18H19N3O2S. The van der Waals surface area contributed by atoms with Gasteiger partial charge in [-0.2, -0.15) is 0 Å². The number of para-hydroxylation sites is 2. The molecule has 5 nitrogen and oxygen atoms in total. The molecule has 0 spiro atoms. The lowest BCUT2D eigenvalue weighted by atomic mass is 10.1. The number of rotatable bonds is 4. The molecule has 6 heteroatoms. The molecular weight excluding hydrogens is 322 g/mol. The molecule has 3 rings (SSSR count). The third-order valence-electron chi connectivity index (χ3n) is 4.06. The van der Waals surface area contributed by atoms with Crippen LogP contribution in [0.3, 0.4) is 0 Å². The molecule has 0 bridgehead atoms. The van der Waals surface area contributed by atoms with E-state index in [0.717, 1.165) is 27.9 Å². The zero-order chi connectivity index (χ0) is 17.3. The van der Waals surface area contributed by atoms with Gasteiger partial charge in [0.05, 0.1) is 33.9 Å². The molecule has 0 radical (unpaired) electrons. The van der Waals surface area contributed by atoms with E-state index in [9.17, 15) is 8.42 Å². The van der Waals surface area contributed by atoms with Crippen molar-refractivity contribution in [3.05, 3.63) is 65.0 Å². The molecule has 1 heterocycles. The zero-order valence-corrected chi connectivity index (χ0v) is 14.7. The van der Waals surface area contributed by atoms with Gasteiger partial charge < -0.3 is 0 Å². The number of fused-ring (bicyclic) bond motifs is 1. The summed E-state index contributed by atoms with van der Waals surface area (Å²) in [4.78, 5) is 9.25. The highest BCUT2D eigenvalue weighted by Crippen LogP contribution is 2.16. The van der Waals surface area contributed by atoms with Crippen LogP contribution >= 0.6 is 0 Å². The van der Waals surface area contributed by atoms with Crippen molar-refractivity contribution in [2.75, 3.05) is 0 Å². The van der Waals surface area contributed by atoms with Crippen LogP contribution < -0.4 is 4.72 Å². The van der Waals surface area contributed by atoms with Gasteiger partial charge in [0.1, 0.15) is 0 Å². The van der Waals surface area contributed by atoms with Crippen LogP contribution in [0.2, 0.25) is 0 Å². The molecule has 24 heavy (non-hydrogen) atoms. The molecule has 0 aliphatic heterocycles. The van der Waals surface area contributed by atoms with Crippen LogP contribution in [-0.2, 0) is 16.6 Å².